The highest BCUT2D eigenvalue weighted by atomic mass is 16.3. The van der Waals surface area contributed by atoms with Crippen molar-refractivity contribution in [2.75, 3.05) is 5.73 Å². The predicted molar refractivity (Wildman–Crippen MR) is 66.9 cm³/mol. The van der Waals surface area contributed by atoms with E-state index >= 15 is 0 Å². The average Bonchev–Trinajstić information content (AvgIpc) is 2.69. The molecule has 0 spiro atoms. The first-order valence-electron chi connectivity index (χ1n) is 5.51. The van der Waals surface area contributed by atoms with Crippen molar-refractivity contribution in [3.8, 4) is 11.6 Å². The molecule has 2 rings (SSSR count). The number of aromatic nitrogens is 2. The first kappa shape index (κ1) is 11.5. The predicted octanol–water partition coefficient (Wildman–Crippen LogP) is 1.18. The van der Waals surface area contributed by atoms with E-state index in [0.717, 1.165) is 23.4 Å². The summed E-state index contributed by atoms with van der Waals surface area (Å²) < 4.78 is 1.47. The van der Waals surface area contributed by atoms with Crippen LogP contribution in [0.4, 0.5) is 5.69 Å². The number of nitrogen functional groups attached to an aromatic ring is 1. The van der Waals surface area contributed by atoms with Gasteiger partial charge in [-0.05, 0) is 30.2 Å². The van der Waals surface area contributed by atoms with Crippen LogP contribution in [0.25, 0.3) is 5.69 Å². The Morgan fingerprint density at radius 1 is 1.29 bits per heavy atom. The van der Waals surface area contributed by atoms with Gasteiger partial charge in [-0.2, -0.15) is 5.10 Å². The van der Waals surface area contributed by atoms with Crippen molar-refractivity contribution in [1.82, 2.24) is 9.78 Å². The van der Waals surface area contributed by atoms with E-state index in [1.807, 2.05) is 19.1 Å². The number of rotatable bonds is 3. The SMILES string of the molecule is CCc1cc(O)n(-c2cc(N)cc(CN)c2)n1. The molecule has 5 heteroatoms. The van der Waals surface area contributed by atoms with E-state index in [4.69, 9.17) is 11.5 Å². The molecule has 1 aromatic heterocycles. The Morgan fingerprint density at radius 2 is 2.06 bits per heavy atom. The zero-order chi connectivity index (χ0) is 12.4. The number of aryl methyl sites for hydroxylation is 1. The van der Waals surface area contributed by atoms with Crippen molar-refractivity contribution >= 4 is 5.69 Å². The highest BCUT2D eigenvalue weighted by molar-refractivity contribution is 5.51. The lowest BCUT2D eigenvalue weighted by Crippen LogP contribution is -2.03. The maximum Gasteiger partial charge on any atom is 0.214 e. The Morgan fingerprint density at radius 3 is 2.65 bits per heavy atom. The molecule has 0 fully saturated rings. The molecule has 0 bridgehead atoms. The van der Waals surface area contributed by atoms with Gasteiger partial charge in [0, 0.05) is 18.3 Å². The van der Waals surface area contributed by atoms with E-state index in [1.165, 1.54) is 4.68 Å². The number of hydrogen-bond donors (Lipinski definition) is 3. The van der Waals surface area contributed by atoms with Crippen molar-refractivity contribution in [2.24, 2.45) is 5.73 Å². The Balaban J connectivity index is 2.51. The van der Waals surface area contributed by atoms with Crippen LogP contribution in [0.3, 0.4) is 0 Å². The second-order valence-corrected chi connectivity index (χ2v) is 3.90. The van der Waals surface area contributed by atoms with E-state index in [2.05, 4.69) is 5.10 Å². The van der Waals surface area contributed by atoms with Crippen LogP contribution >= 0.6 is 0 Å². The van der Waals surface area contributed by atoms with Gasteiger partial charge < -0.3 is 16.6 Å². The second-order valence-electron chi connectivity index (χ2n) is 3.90. The molecule has 0 amide bonds. The second kappa shape index (κ2) is 4.47. The third-order valence-electron chi connectivity index (χ3n) is 2.58. The molecule has 0 aliphatic rings. The maximum absolute atomic E-state index is 9.80. The number of benzene rings is 1. The van der Waals surface area contributed by atoms with Gasteiger partial charge in [-0.25, -0.2) is 4.68 Å². The fourth-order valence-electron chi connectivity index (χ4n) is 1.72. The molecule has 0 saturated heterocycles. The van der Waals surface area contributed by atoms with Gasteiger partial charge in [-0.1, -0.05) is 6.92 Å². The van der Waals surface area contributed by atoms with Crippen LogP contribution in [-0.2, 0) is 13.0 Å². The average molecular weight is 232 g/mol. The van der Waals surface area contributed by atoms with Crippen molar-refractivity contribution in [1.29, 1.82) is 0 Å². The molecule has 0 aliphatic carbocycles. The van der Waals surface area contributed by atoms with Crippen molar-refractivity contribution in [2.45, 2.75) is 19.9 Å². The molecule has 5 N–H and O–H groups in total. The summed E-state index contributed by atoms with van der Waals surface area (Å²) in [4.78, 5) is 0. The van der Waals surface area contributed by atoms with Crippen molar-refractivity contribution in [3.63, 3.8) is 0 Å². The minimum absolute atomic E-state index is 0.107. The molecule has 5 nitrogen and oxygen atoms in total. The van der Waals surface area contributed by atoms with Gasteiger partial charge in [0.15, 0.2) is 0 Å². The molecule has 90 valence electrons. The Labute approximate surface area is 99.7 Å². The van der Waals surface area contributed by atoms with Crippen LogP contribution < -0.4 is 11.5 Å². The van der Waals surface area contributed by atoms with Crippen LogP contribution in [0, 0.1) is 0 Å². The fourth-order valence-corrected chi connectivity index (χ4v) is 1.72. The third-order valence-corrected chi connectivity index (χ3v) is 2.58. The van der Waals surface area contributed by atoms with E-state index in [0.29, 0.717) is 12.2 Å². The van der Waals surface area contributed by atoms with Crippen LogP contribution in [0.15, 0.2) is 24.3 Å². The topological polar surface area (TPSA) is 90.1 Å². The Kier molecular flexibility index (Phi) is 3.01. The Hall–Kier alpha value is -2.01. The molecule has 1 heterocycles. The zero-order valence-corrected chi connectivity index (χ0v) is 9.72. The maximum atomic E-state index is 9.80. The molecule has 0 aliphatic heterocycles. The smallest absolute Gasteiger partial charge is 0.214 e. The van der Waals surface area contributed by atoms with E-state index in [9.17, 15) is 5.11 Å². The molecule has 17 heavy (non-hydrogen) atoms. The summed E-state index contributed by atoms with van der Waals surface area (Å²) in [5.41, 5.74) is 14.4. The monoisotopic (exact) mass is 232 g/mol. The van der Waals surface area contributed by atoms with Crippen molar-refractivity contribution < 1.29 is 5.11 Å². The van der Waals surface area contributed by atoms with Gasteiger partial charge in [0.05, 0.1) is 11.4 Å². The summed E-state index contributed by atoms with van der Waals surface area (Å²) in [7, 11) is 0. The summed E-state index contributed by atoms with van der Waals surface area (Å²) in [6, 6.07) is 7.07. The normalized spacial score (nSPS) is 10.7. The number of nitrogens with two attached hydrogens (primary N) is 2. The molecule has 0 saturated carbocycles. The van der Waals surface area contributed by atoms with Crippen molar-refractivity contribution in [3.05, 3.63) is 35.5 Å². The number of aromatic hydroxyl groups is 1. The minimum atomic E-state index is 0.107. The highest BCUT2D eigenvalue weighted by Crippen LogP contribution is 2.21. The van der Waals surface area contributed by atoms with Gasteiger partial charge in [0.25, 0.3) is 0 Å². The number of nitrogens with zero attached hydrogens (tertiary/aromatic N) is 2. The van der Waals surface area contributed by atoms with Gasteiger partial charge >= 0.3 is 0 Å². The number of anilines is 1. The lowest BCUT2D eigenvalue weighted by molar-refractivity contribution is 0.433. The molecule has 1 aromatic carbocycles. The van der Waals surface area contributed by atoms with Crippen LogP contribution in [0.1, 0.15) is 18.2 Å². The lowest BCUT2D eigenvalue weighted by atomic mass is 10.2. The van der Waals surface area contributed by atoms with Gasteiger partial charge in [-0.15, -0.1) is 0 Å². The molecule has 0 unspecified atom stereocenters. The third kappa shape index (κ3) is 2.24. The standard InChI is InChI=1S/C12H16N4O/c1-2-10-6-12(17)16(15-10)11-4-8(7-13)3-9(14)5-11/h3-6,17H,2,7,13-14H2,1H3. The van der Waals surface area contributed by atoms with Gasteiger partial charge in [0.1, 0.15) is 0 Å². The van der Waals surface area contributed by atoms with Crippen LogP contribution in [-0.4, -0.2) is 14.9 Å². The summed E-state index contributed by atoms with van der Waals surface area (Å²) in [5.74, 6) is 0.107. The first-order valence-corrected chi connectivity index (χ1v) is 5.51. The lowest BCUT2D eigenvalue weighted by Gasteiger charge is -2.07. The molecule has 0 atom stereocenters. The summed E-state index contributed by atoms with van der Waals surface area (Å²) in [5, 5.41) is 14.1. The molecule has 0 radical (unpaired) electrons. The van der Waals surface area contributed by atoms with E-state index in [-0.39, 0.29) is 5.88 Å². The zero-order valence-electron chi connectivity index (χ0n) is 9.72. The fraction of sp³-hybridized carbons (Fsp3) is 0.250. The molecule has 2 aromatic rings. The summed E-state index contributed by atoms with van der Waals surface area (Å²) >= 11 is 0. The molecular formula is C12H16N4O. The largest absolute Gasteiger partial charge is 0.493 e. The van der Waals surface area contributed by atoms with Gasteiger partial charge in [-0.3, -0.25) is 0 Å². The van der Waals surface area contributed by atoms with E-state index < -0.39 is 0 Å². The molecular weight excluding hydrogens is 216 g/mol. The number of hydrogen-bond acceptors (Lipinski definition) is 4. The van der Waals surface area contributed by atoms with E-state index in [1.54, 1.807) is 12.1 Å². The van der Waals surface area contributed by atoms with Crippen LogP contribution in [0.5, 0.6) is 5.88 Å². The Bertz CT molecular complexity index is 533. The van der Waals surface area contributed by atoms with Crippen LogP contribution in [0.2, 0.25) is 0 Å². The highest BCUT2D eigenvalue weighted by Gasteiger charge is 2.08. The quantitative estimate of drug-likeness (QED) is 0.693. The first-order chi connectivity index (χ1) is 8.13. The van der Waals surface area contributed by atoms with Gasteiger partial charge in [0.2, 0.25) is 5.88 Å². The summed E-state index contributed by atoms with van der Waals surface area (Å²) in [6.07, 6.45) is 0.770. The minimum Gasteiger partial charge on any atom is -0.493 e. The summed E-state index contributed by atoms with van der Waals surface area (Å²) in [6.45, 7) is 2.39.